The predicted octanol–water partition coefficient (Wildman–Crippen LogP) is 3.20. The van der Waals surface area contributed by atoms with Crippen molar-refractivity contribution in [3.05, 3.63) is 48.4 Å². The first-order valence-electron chi connectivity index (χ1n) is 5.96. The summed E-state index contributed by atoms with van der Waals surface area (Å²) in [6, 6.07) is 10.4. The normalized spacial score (nSPS) is 10.7. The Kier molecular flexibility index (Phi) is 2.87. The molecule has 0 spiro atoms. The van der Waals surface area contributed by atoms with Gasteiger partial charge in [0.2, 0.25) is 5.76 Å². The number of pyridine rings is 1. The van der Waals surface area contributed by atoms with Gasteiger partial charge in [0.25, 0.3) is 0 Å². The van der Waals surface area contributed by atoms with E-state index in [2.05, 4.69) is 4.98 Å². The Morgan fingerprint density at radius 2 is 2.10 bits per heavy atom. The Morgan fingerprint density at radius 1 is 1.25 bits per heavy atom. The van der Waals surface area contributed by atoms with Crippen LogP contribution in [0.2, 0.25) is 0 Å². The highest BCUT2D eigenvalue weighted by Gasteiger charge is 2.14. The molecule has 0 atom stereocenters. The molecule has 100 valence electrons. The Hall–Kier alpha value is -2.82. The number of rotatable bonds is 3. The third kappa shape index (κ3) is 1.89. The van der Waals surface area contributed by atoms with E-state index >= 15 is 0 Å². The molecule has 20 heavy (non-hydrogen) atoms. The number of methoxy groups -OCH3 is 1. The number of furan rings is 1. The lowest BCUT2D eigenvalue weighted by Gasteiger charge is -2.07. The molecule has 5 nitrogen and oxygen atoms in total. The Balaban J connectivity index is 2.23. The third-order valence-corrected chi connectivity index (χ3v) is 3.03. The molecule has 0 aliphatic carbocycles. The van der Waals surface area contributed by atoms with Crippen LogP contribution in [-0.4, -0.2) is 23.2 Å². The van der Waals surface area contributed by atoms with Crippen LogP contribution in [0.25, 0.3) is 22.2 Å². The summed E-state index contributed by atoms with van der Waals surface area (Å²) in [4.78, 5) is 15.2. The van der Waals surface area contributed by atoms with Crippen molar-refractivity contribution in [2.45, 2.75) is 0 Å². The fraction of sp³-hybridized carbons (Fsp3) is 0.0667. The zero-order chi connectivity index (χ0) is 14.1. The van der Waals surface area contributed by atoms with E-state index in [-0.39, 0.29) is 5.76 Å². The molecular formula is C15H11NO4. The average molecular weight is 269 g/mol. The number of fused-ring (bicyclic) bond motifs is 1. The number of aromatic nitrogens is 1. The van der Waals surface area contributed by atoms with Gasteiger partial charge in [-0.2, -0.15) is 0 Å². The summed E-state index contributed by atoms with van der Waals surface area (Å²) in [5, 5.41) is 9.76. The Morgan fingerprint density at radius 3 is 2.80 bits per heavy atom. The molecule has 0 radical (unpaired) electrons. The molecule has 0 unspecified atom stereocenters. The minimum absolute atomic E-state index is 0.0899. The Bertz CT molecular complexity index is 791. The maximum Gasteiger partial charge on any atom is 0.371 e. The summed E-state index contributed by atoms with van der Waals surface area (Å²) in [6.07, 6.45) is 1.68. The fourth-order valence-electron chi connectivity index (χ4n) is 2.12. The highest BCUT2D eigenvalue weighted by atomic mass is 16.5. The van der Waals surface area contributed by atoms with Gasteiger partial charge >= 0.3 is 5.97 Å². The summed E-state index contributed by atoms with van der Waals surface area (Å²) >= 11 is 0. The molecule has 0 amide bonds. The first-order valence-corrected chi connectivity index (χ1v) is 5.96. The van der Waals surface area contributed by atoms with Crippen LogP contribution < -0.4 is 4.74 Å². The van der Waals surface area contributed by atoms with Crippen molar-refractivity contribution in [2.75, 3.05) is 7.11 Å². The summed E-state index contributed by atoms with van der Waals surface area (Å²) in [7, 11) is 1.58. The molecule has 1 N–H and O–H groups in total. The largest absolute Gasteiger partial charge is 0.494 e. The van der Waals surface area contributed by atoms with Crippen LogP contribution in [-0.2, 0) is 0 Å². The first-order chi connectivity index (χ1) is 9.70. The van der Waals surface area contributed by atoms with Gasteiger partial charge in [0.1, 0.15) is 17.0 Å². The van der Waals surface area contributed by atoms with Crippen LogP contribution in [0.4, 0.5) is 0 Å². The number of ether oxygens (including phenoxy) is 1. The molecule has 3 rings (SSSR count). The van der Waals surface area contributed by atoms with E-state index in [1.165, 1.54) is 6.07 Å². The topological polar surface area (TPSA) is 72.6 Å². The van der Waals surface area contributed by atoms with Crippen LogP contribution in [0.5, 0.6) is 5.75 Å². The first kappa shape index (κ1) is 12.2. The van der Waals surface area contributed by atoms with Gasteiger partial charge < -0.3 is 14.3 Å². The molecule has 0 fully saturated rings. The summed E-state index contributed by atoms with van der Waals surface area (Å²) in [6.45, 7) is 0. The smallest absolute Gasteiger partial charge is 0.371 e. The average Bonchev–Trinajstić information content (AvgIpc) is 2.96. The summed E-state index contributed by atoms with van der Waals surface area (Å²) in [5.74, 6) is -0.0301. The van der Waals surface area contributed by atoms with E-state index in [0.29, 0.717) is 17.0 Å². The summed E-state index contributed by atoms with van der Waals surface area (Å²) in [5.41, 5.74) is 1.49. The summed E-state index contributed by atoms with van der Waals surface area (Å²) < 4.78 is 10.6. The van der Waals surface area contributed by atoms with Crippen molar-refractivity contribution >= 4 is 16.9 Å². The lowest BCUT2D eigenvalue weighted by atomic mass is 10.1. The van der Waals surface area contributed by atoms with Gasteiger partial charge in [-0.05, 0) is 30.3 Å². The van der Waals surface area contributed by atoms with Crippen molar-refractivity contribution in [1.82, 2.24) is 4.98 Å². The monoisotopic (exact) mass is 269 g/mol. The van der Waals surface area contributed by atoms with Crippen molar-refractivity contribution in [3.63, 3.8) is 0 Å². The minimum Gasteiger partial charge on any atom is -0.494 e. The third-order valence-electron chi connectivity index (χ3n) is 3.03. The number of carbonyl (C=O) groups is 1. The van der Waals surface area contributed by atoms with Gasteiger partial charge in [0.15, 0.2) is 0 Å². The van der Waals surface area contributed by atoms with Gasteiger partial charge in [0, 0.05) is 17.1 Å². The number of nitrogens with zero attached hydrogens (tertiary/aromatic N) is 1. The molecule has 3 aromatic rings. The SMILES string of the molecule is COc1ccc(-c2ccc(C(=O)O)o2)c2cccnc12. The fourth-order valence-corrected chi connectivity index (χ4v) is 2.12. The molecule has 1 aromatic carbocycles. The predicted molar refractivity (Wildman–Crippen MR) is 73.0 cm³/mol. The number of carboxylic acid groups (broad SMARTS) is 1. The quantitative estimate of drug-likeness (QED) is 0.790. The second-order valence-corrected chi connectivity index (χ2v) is 4.18. The standard InChI is InChI=1S/C15H11NO4/c1-19-12-5-4-9(10-3-2-8-16-14(10)12)11-6-7-13(20-11)15(17)18/h2-8H,1H3,(H,17,18). The van der Waals surface area contributed by atoms with E-state index in [1.54, 1.807) is 25.4 Å². The zero-order valence-electron chi connectivity index (χ0n) is 10.7. The van der Waals surface area contributed by atoms with Crippen LogP contribution in [0.1, 0.15) is 10.6 Å². The molecular weight excluding hydrogens is 258 g/mol. The highest BCUT2D eigenvalue weighted by Crippen LogP contribution is 2.33. The number of benzene rings is 1. The van der Waals surface area contributed by atoms with Gasteiger partial charge in [-0.1, -0.05) is 6.07 Å². The van der Waals surface area contributed by atoms with E-state index in [0.717, 1.165) is 10.9 Å². The zero-order valence-corrected chi connectivity index (χ0v) is 10.7. The maximum atomic E-state index is 10.9. The molecule has 0 saturated carbocycles. The number of hydrogen-bond donors (Lipinski definition) is 1. The Labute approximate surface area is 114 Å². The highest BCUT2D eigenvalue weighted by molar-refractivity contribution is 5.97. The van der Waals surface area contributed by atoms with E-state index in [9.17, 15) is 4.79 Å². The second kappa shape index (κ2) is 4.70. The molecule has 0 saturated heterocycles. The molecule has 2 heterocycles. The van der Waals surface area contributed by atoms with E-state index in [1.807, 2.05) is 18.2 Å². The molecule has 2 aromatic heterocycles. The number of carboxylic acids is 1. The maximum absolute atomic E-state index is 10.9. The molecule has 0 aliphatic heterocycles. The van der Waals surface area contributed by atoms with Gasteiger partial charge in [-0.25, -0.2) is 4.79 Å². The second-order valence-electron chi connectivity index (χ2n) is 4.18. The number of hydrogen-bond acceptors (Lipinski definition) is 4. The number of aromatic carboxylic acids is 1. The van der Waals surface area contributed by atoms with Gasteiger partial charge in [0.05, 0.1) is 7.11 Å². The van der Waals surface area contributed by atoms with Crippen molar-refractivity contribution < 1.29 is 19.1 Å². The molecule has 0 aliphatic rings. The van der Waals surface area contributed by atoms with Crippen LogP contribution >= 0.6 is 0 Å². The van der Waals surface area contributed by atoms with Crippen molar-refractivity contribution in [1.29, 1.82) is 0 Å². The lowest BCUT2D eigenvalue weighted by molar-refractivity contribution is 0.0663. The molecule has 5 heteroatoms. The van der Waals surface area contributed by atoms with E-state index in [4.69, 9.17) is 14.3 Å². The van der Waals surface area contributed by atoms with Crippen LogP contribution in [0.15, 0.2) is 47.0 Å². The minimum atomic E-state index is -1.09. The van der Waals surface area contributed by atoms with E-state index < -0.39 is 5.97 Å². The van der Waals surface area contributed by atoms with Gasteiger partial charge in [-0.3, -0.25) is 4.98 Å². The molecule has 0 bridgehead atoms. The van der Waals surface area contributed by atoms with Crippen LogP contribution in [0, 0.1) is 0 Å². The van der Waals surface area contributed by atoms with Gasteiger partial charge in [-0.15, -0.1) is 0 Å². The van der Waals surface area contributed by atoms with Crippen molar-refractivity contribution in [2.24, 2.45) is 0 Å². The van der Waals surface area contributed by atoms with Crippen molar-refractivity contribution in [3.8, 4) is 17.1 Å². The lowest BCUT2D eigenvalue weighted by Crippen LogP contribution is -1.92. The van der Waals surface area contributed by atoms with Crippen LogP contribution in [0.3, 0.4) is 0 Å².